The predicted octanol–water partition coefficient (Wildman–Crippen LogP) is 18.0. The minimum Gasteiger partial charge on any atom is -0.310 e. The summed E-state index contributed by atoms with van der Waals surface area (Å²) < 4.78 is 5.16. The number of fused-ring (bicyclic) bond motifs is 10. The number of hydrogen-bond donors (Lipinski definition) is 0. The minimum absolute atomic E-state index is 1.12. The molecular formula is C58H40N2S2. The minimum atomic E-state index is 1.12. The molecule has 10 aromatic carbocycles. The van der Waals surface area contributed by atoms with Crippen LogP contribution in [0.25, 0.3) is 73.0 Å². The fraction of sp³-hybridized carbons (Fsp3) is 0.0345. The first-order valence-electron chi connectivity index (χ1n) is 21.2. The zero-order valence-corrected chi connectivity index (χ0v) is 36.0. The fourth-order valence-corrected chi connectivity index (χ4v) is 11.9. The summed E-state index contributed by atoms with van der Waals surface area (Å²) in [7, 11) is 0. The van der Waals surface area contributed by atoms with Crippen molar-refractivity contribution in [2.24, 2.45) is 0 Å². The molecule has 0 saturated carbocycles. The van der Waals surface area contributed by atoms with E-state index in [1.54, 1.807) is 0 Å². The number of rotatable bonds is 7. The summed E-state index contributed by atoms with van der Waals surface area (Å²) in [5, 5.41) is 10.2. The Labute approximate surface area is 368 Å². The summed E-state index contributed by atoms with van der Waals surface area (Å²) in [6.45, 7) is 4.36. The van der Waals surface area contributed by atoms with E-state index in [1.165, 1.54) is 95.5 Å². The van der Waals surface area contributed by atoms with Crippen molar-refractivity contribution in [2.75, 3.05) is 9.80 Å². The molecule has 0 amide bonds. The number of hydrogen-bond acceptors (Lipinski definition) is 4. The van der Waals surface area contributed by atoms with Gasteiger partial charge in [0.2, 0.25) is 0 Å². The van der Waals surface area contributed by atoms with Gasteiger partial charge in [-0.05, 0) is 120 Å². The number of nitrogens with zero attached hydrogens (tertiary/aromatic N) is 2. The lowest BCUT2D eigenvalue weighted by atomic mass is 9.97. The van der Waals surface area contributed by atoms with Gasteiger partial charge in [0.1, 0.15) is 0 Å². The Morgan fingerprint density at radius 3 is 1.71 bits per heavy atom. The van der Waals surface area contributed by atoms with Crippen molar-refractivity contribution in [1.29, 1.82) is 0 Å². The molecule has 0 atom stereocenters. The zero-order chi connectivity index (χ0) is 41.3. The predicted molar refractivity (Wildman–Crippen MR) is 272 cm³/mol. The van der Waals surface area contributed by atoms with E-state index in [0.29, 0.717) is 0 Å². The smallest absolute Gasteiger partial charge is 0.0554 e. The third-order valence-electron chi connectivity index (χ3n) is 12.3. The summed E-state index contributed by atoms with van der Waals surface area (Å²) in [5.74, 6) is 0. The van der Waals surface area contributed by atoms with E-state index in [0.717, 1.165) is 22.7 Å². The molecule has 12 rings (SSSR count). The maximum absolute atomic E-state index is 2.47. The molecule has 0 aliphatic carbocycles. The number of thiophene rings is 2. The first-order valence-corrected chi connectivity index (χ1v) is 22.8. The molecular weight excluding hydrogens is 789 g/mol. The Morgan fingerprint density at radius 2 is 0.935 bits per heavy atom. The van der Waals surface area contributed by atoms with Crippen molar-refractivity contribution < 1.29 is 0 Å². The van der Waals surface area contributed by atoms with Crippen molar-refractivity contribution in [3.63, 3.8) is 0 Å². The lowest BCUT2D eigenvalue weighted by Crippen LogP contribution is -2.11. The van der Waals surface area contributed by atoms with E-state index >= 15 is 0 Å². The molecule has 0 radical (unpaired) electrons. The molecule has 0 bridgehead atoms. The Kier molecular flexibility index (Phi) is 8.70. The lowest BCUT2D eigenvalue weighted by molar-refractivity contribution is 1.27. The Balaban J connectivity index is 1.12. The Morgan fingerprint density at radius 1 is 0.323 bits per heavy atom. The normalized spacial score (nSPS) is 11.7. The van der Waals surface area contributed by atoms with E-state index in [4.69, 9.17) is 0 Å². The summed E-state index contributed by atoms with van der Waals surface area (Å²) in [5.41, 5.74) is 11.8. The molecule has 2 nitrogen and oxygen atoms in total. The van der Waals surface area contributed by atoms with Crippen LogP contribution in [0.5, 0.6) is 0 Å². The number of benzene rings is 10. The maximum Gasteiger partial charge on any atom is 0.0554 e. The maximum atomic E-state index is 2.47. The van der Waals surface area contributed by atoms with Crippen LogP contribution in [0.15, 0.2) is 206 Å². The highest BCUT2D eigenvalue weighted by atomic mass is 32.1. The number of aryl methyl sites for hydroxylation is 2. The first-order chi connectivity index (χ1) is 30.6. The van der Waals surface area contributed by atoms with Crippen molar-refractivity contribution in [3.8, 4) is 11.1 Å². The standard InChI is InChI=1S/C58H40N2S2/c1-37-13-10-18-43(33-37)60(44-19-11-14-38(2)34-44)52-36-50-47-32-30-45(35-55(47)62-58(50)56-46-20-7-6-17-41(46)27-31-48(52)56)59(42-28-25-40(26-29-42)39-15-4-3-5-16-39)51-22-12-24-54-57(51)49-21-8-9-23-53(49)61-54/h3-36H,1-2H3. The molecule has 294 valence electrons. The Bertz CT molecular complexity index is 3630. The molecule has 0 aliphatic rings. The molecule has 4 heteroatoms. The summed E-state index contributed by atoms with van der Waals surface area (Å²) in [6, 6.07) is 76.2. The van der Waals surface area contributed by atoms with Gasteiger partial charge in [-0.1, -0.05) is 133 Å². The van der Waals surface area contributed by atoms with Gasteiger partial charge in [-0.2, -0.15) is 0 Å². The van der Waals surface area contributed by atoms with Gasteiger partial charge in [-0.25, -0.2) is 0 Å². The van der Waals surface area contributed by atoms with Crippen LogP contribution in [-0.2, 0) is 0 Å². The average molecular weight is 829 g/mol. The molecule has 62 heavy (non-hydrogen) atoms. The van der Waals surface area contributed by atoms with Crippen LogP contribution in [-0.4, -0.2) is 0 Å². The second-order valence-corrected chi connectivity index (χ2v) is 18.4. The van der Waals surface area contributed by atoms with Crippen molar-refractivity contribution in [1.82, 2.24) is 0 Å². The molecule has 0 spiro atoms. The second kappa shape index (κ2) is 14.7. The highest BCUT2D eigenvalue weighted by Crippen LogP contribution is 2.51. The van der Waals surface area contributed by atoms with Gasteiger partial charge in [0.15, 0.2) is 0 Å². The molecule has 0 saturated heterocycles. The van der Waals surface area contributed by atoms with Crippen LogP contribution in [0.3, 0.4) is 0 Å². The number of anilines is 6. The Hall–Kier alpha value is -7.24. The fourth-order valence-electron chi connectivity index (χ4n) is 9.47. The van der Waals surface area contributed by atoms with Crippen LogP contribution >= 0.6 is 22.7 Å². The lowest BCUT2D eigenvalue weighted by Gasteiger charge is -2.28. The molecule has 0 unspecified atom stereocenters. The summed E-state index contributed by atoms with van der Waals surface area (Å²) in [4.78, 5) is 4.93. The van der Waals surface area contributed by atoms with E-state index in [2.05, 4.69) is 230 Å². The SMILES string of the molecule is Cc1cccc(N(c2cccc(C)c2)c2cc3c4ccc(N(c5ccc(-c6ccccc6)cc5)c5cccc6sc7ccccc7c56)cc4sc3c3c2ccc2ccccc23)c1. The molecule has 0 N–H and O–H groups in total. The van der Waals surface area contributed by atoms with Crippen LogP contribution in [0, 0.1) is 13.8 Å². The average Bonchev–Trinajstić information content (AvgIpc) is 3.88. The second-order valence-electron chi connectivity index (χ2n) is 16.3. The van der Waals surface area contributed by atoms with Gasteiger partial charge in [0.25, 0.3) is 0 Å². The van der Waals surface area contributed by atoms with Gasteiger partial charge < -0.3 is 9.80 Å². The molecule has 2 aromatic heterocycles. The van der Waals surface area contributed by atoms with Crippen LogP contribution < -0.4 is 9.80 Å². The van der Waals surface area contributed by atoms with Gasteiger partial charge in [0.05, 0.1) is 11.4 Å². The summed E-state index contributed by atoms with van der Waals surface area (Å²) >= 11 is 3.77. The molecule has 2 heterocycles. The van der Waals surface area contributed by atoms with E-state index in [-0.39, 0.29) is 0 Å². The molecule has 0 fully saturated rings. The van der Waals surface area contributed by atoms with Crippen LogP contribution in [0.2, 0.25) is 0 Å². The molecule has 0 aliphatic heterocycles. The third kappa shape index (κ3) is 6.06. The highest BCUT2D eigenvalue weighted by Gasteiger charge is 2.23. The van der Waals surface area contributed by atoms with E-state index in [9.17, 15) is 0 Å². The summed E-state index contributed by atoms with van der Waals surface area (Å²) in [6.07, 6.45) is 0. The van der Waals surface area contributed by atoms with E-state index < -0.39 is 0 Å². The highest BCUT2D eigenvalue weighted by molar-refractivity contribution is 7.27. The topological polar surface area (TPSA) is 6.48 Å². The largest absolute Gasteiger partial charge is 0.310 e. The van der Waals surface area contributed by atoms with Crippen molar-refractivity contribution in [3.05, 3.63) is 217 Å². The van der Waals surface area contributed by atoms with Crippen molar-refractivity contribution in [2.45, 2.75) is 13.8 Å². The zero-order valence-electron chi connectivity index (χ0n) is 34.3. The third-order valence-corrected chi connectivity index (χ3v) is 14.6. The first kappa shape index (κ1) is 36.6. The van der Waals surface area contributed by atoms with Gasteiger partial charge >= 0.3 is 0 Å². The quantitative estimate of drug-likeness (QED) is 0.148. The van der Waals surface area contributed by atoms with Crippen LogP contribution in [0.1, 0.15) is 11.1 Å². The van der Waals surface area contributed by atoms with E-state index in [1.807, 2.05) is 22.7 Å². The monoisotopic (exact) mass is 828 g/mol. The van der Waals surface area contributed by atoms with Crippen molar-refractivity contribution >= 4 is 119 Å². The van der Waals surface area contributed by atoms with Gasteiger partial charge in [0, 0.05) is 73.9 Å². The van der Waals surface area contributed by atoms with Crippen LogP contribution in [0.4, 0.5) is 34.1 Å². The van der Waals surface area contributed by atoms with Gasteiger partial charge in [-0.15, -0.1) is 22.7 Å². The van der Waals surface area contributed by atoms with Gasteiger partial charge in [-0.3, -0.25) is 0 Å². The molecule has 12 aromatic rings.